The maximum absolute atomic E-state index is 13.9. The first kappa shape index (κ1) is 15.4. The molecule has 0 aliphatic heterocycles. The van der Waals surface area contributed by atoms with Gasteiger partial charge in [0.15, 0.2) is 0 Å². The van der Waals surface area contributed by atoms with Crippen LogP contribution in [-0.2, 0) is 16.6 Å². The van der Waals surface area contributed by atoms with E-state index in [0.29, 0.717) is 24.6 Å². The molecule has 1 aliphatic carbocycles. The number of aliphatic hydroxyl groups excluding tert-OH is 1. The van der Waals surface area contributed by atoms with Crippen molar-refractivity contribution in [2.75, 3.05) is 13.1 Å². The second kappa shape index (κ2) is 6.20. The molecule has 0 aromatic heterocycles. The summed E-state index contributed by atoms with van der Waals surface area (Å²) in [4.78, 5) is -0.309. The van der Waals surface area contributed by atoms with Crippen molar-refractivity contribution in [3.63, 3.8) is 0 Å². The zero-order valence-electron chi connectivity index (χ0n) is 11.5. The van der Waals surface area contributed by atoms with Crippen LogP contribution in [0, 0.1) is 11.7 Å². The Hall–Kier alpha value is -0.980. The van der Waals surface area contributed by atoms with Crippen LogP contribution in [0.2, 0.25) is 0 Å². The normalized spacial score (nSPS) is 16.4. The van der Waals surface area contributed by atoms with E-state index in [4.69, 9.17) is 5.11 Å². The molecule has 0 radical (unpaired) electrons. The van der Waals surface area contributed by atoms with Gasteiger partial charge in [0.1, 0.15) is 10.7 Å². The first-order valence-corrected chi connectivity index (χ1v) is 8.32. The van der Waals surface area contributed by atoms with Gasteiger partial charge in [-0.05, 0) is 36.5 Å². The van der Waals surface area contributed by atoms with Crippen LogP contribution in [0.1, 0.15) is 31.7 Å². The molecular weight excluding hydrogens is 281 g/mol. The summed E-state index contributed by atoms with van der Waals surface area (Å²) >= 11 is 0. The Labute approximate surface area is 119 Å². The lowest BCUT2D eigenvalue weighted by Crippen LogP contribution is -2.37. The van der Waals surface area contributed by atoms with Gasteiger partial charge < -0.3 is 5.11 Å². The molecule has 0 heterocycles. The molecular formula is C14H20FNO3S. The fourth-order valence-electron chi connectivity index (χ4n) is 2.35. The predicted molar refractivity (Wildman–Crippen MR) is 74.1 cm³/mol. The molecule has 0 saturated heterocycles. The van der Waals surface area contributed by atoms with E-state index < -0.39 is 15.8 Å². The number of hydrogen-bond acceptors (Lipinski definition) is 3. The van der Waals surface area contributed by atoms with Crippen molar-refractivity contribution in [1.29, 1.82) is 0 Å². The number of aliphatic hydroxyl groups is 1. The van der Waals surface area contributed by atoms with E-state index in [0.717, 1.165) is 25.3 Å². The maximum Gasteiger partial charge on any atom is 0.245 e. The van der Waals surface area contributed by atoms with Gasteiger partial charge in [0.05, 0.1) is 6.61 Å². The molecule has 1 aromatic carbocycles. The molecule has 112 valence electrons. The van der Waals surface area contributed by atoms with Gasteiger partial charge in [-0.2, -0.15) is 4.31 Å². The minimum absolute atomic E-state index is 0.309. The quantitative estimate of drug-likeness (QED) is 0.875. The van der Waals surface area contributed by atoms with Gasteiger partial charge in [0.2, 0.25) is 10.0 Å². The summed E-state index contributed by atoms with van der Waals surface area (Å²) in [5.74, 6) is -0.409. The van der Waals surface area contributed by atoms with Gasteiger partial charge in [0, 0.05) is 13.1 Å². The predicted octanol–water partition coefficient (Wildman–Crippen LogP) is 2.13. The molecule has 0 atom stereocenters. The lowest BCUT2D eigenvalue weighted by molar-refractivity contribution is 0.249. The van der Waals surface area contributed by atoms with Crippen LogP contribution in [0.25, 0.3) is 0 Å². The van der Waals surface area contributed by atoms with Crippen LogP contribution < -0.4 is 0 Å². The molecule has 1 aromatic rings. The van der Waals surface area contributed by atoms with Crippen molar-refractivity contribution in [2.24, 2.45) is 5.92 Å². The highest BCUT2D eigenvalue weighted by molar-refractivity contribution is 7.89. The van der Waals surface area contributed by atoms with Crippen LogP contribution in [0.15, 0.2) is 23.1 Å². The number of nitrogens with zero attached hydrogens (tertiary/aromatic N) is 1. The van der Waals surface area contributed by atoms with E-state index in [1.807, 2.05) is 0 Å². The lowest BCUT2D eigenvalue weighted by Gasteiger charge is -2.31. The van der Waals surface area contributed by atoms with Gasteiger partial charge in [-0.25, -0.2) is 12.8 Å². The highest BCUT2D eigenvalue weighted by atomic mass is 32.2. The third-order valence-corrected chi connectivity index (χ3v) is 5.81. The summed E-state index contributed by atoms with van der Waals surface area (Å²) in [6.07, 6.45) is 3.22. The van der Waals surface area contributed by atoms with E-state index in [9.17, 15) is 12.8 Å². The fraction of sp³-hybridized carbons (Fsp3) is 0.571. The molecule has 0 amide bonds. The summed E-state index contributed by atoms with van der Waals surface area (Å²) in [6, 6.07) is 3.75. The minimum atomic E-state index is -3.80. The van der Waals surface area contributed by atoms with Gasteiger partial charge in [-0.15, -0.1) is 0 Å². The van der Waals surface area contributed by atoms with Gasteiger partial charge in [-0.1, -0.05) is 19.4 Å². The standard InChI is InChI=1S/C14H20FNO3S/c1-2-16(9-11-4-3-5-11)20(18,19)14-7-6-12(10-17)8-13(14)15/h6-8,11,17H,2-5,9-10H2,1H3. The van der Waals surface area contributed by atoms with Crippen molar-refractivity contribution in [2.45, 2.75) is 37.7 Å². The molecule has 0 bridgehead atoms. The largest absolute Gasteiger partial charge is 0.392 e. The Kier molecular flexibility index (Phi) is 4.78. The highest BCUT2D eigenvalue weighted by Gasteiger charge is 2.30. The number of halogens is 1. The van der Waals surface area contributed by atoms with Crippen LogP contribution in [0.4, 0.5) is 4.39 Å². The van der Waals surface area contributed by atoms with Crippen LogP contribution >= 0.6 is 0 Å². The second-order valence-electron chi connectivity index (χ2n) is 5.18. The zero-order valence-corrected chi connectivity index (χ0v) is 12.4. The Morgan fingerprint density at radius 3 is 2.55 bits per heavy atom. The van der Waals surface area contributed by atoms with Gasteiger partial charge in [-0.3, -0.25) is 0 Å². The van der Waals surface area contributed by atoms with E-state index in [2.05, 4.69) is 0 Å². The van der Waals surface area contributed by atoms with Crippen molar-refractivity contribution in [3.05, 3.63) is 29.6 Å². The molecule has 0 unspecified atom stereocenters. The smallest absolute Gasteiger partial charge is 0.245 e. The highest BCUT2D eigenvalue weighted by Crippen LogP contribution is 2.29. The topological polar surface area (TPSA) is 57.6 Å². The Bertz CT molecular complexity index is 570. The average Bonchev–Trinajstić information content (AvgIpc) is 2.36. The molecule has 1 fully saturated rings. The zero-order chi connectivity index (χ0) is 14.8. The first-order chi connectivity index (χ1) is 9.48. The summed E-state index contributed by atoms with van der Waals surface area (Å²) in [6.45, 7) is 2.24. The van der Waals surface area contributed by atoms with Crippen molar-refractivity contribution < 1.29 is 17.9 Å². The van der Waals surface area contributed by atoms with E-state index in [1.54, 1.807) is 6.92 Å². The molecule has 4 nitrogen and oxygen atoms in total. The Morgan fingerprint density at radius 1 is 1.40 bits per heavy atom. The van der Waals surface area contributed by atoms with Crippen LogP contribution in [0.5, 0.6) is 0 Å². The first-order valence-electron chi connectivity index (χ1n) is 6.88. The van der Waals surface area contributed by atoms with Gasteiger partial charge in [0.25, 0.3) is 0 Å². The number of rotatable bonds is 6. The van der Waals surface area contributed by atoms with Crippen molar-refractivity contribution in [1.82, 2.24) is 4.31 Å². The third kappa shape index (κ3) is 3.02. The molecule has 2 rings (SSSR count). The summed E-state index contributed by atoms with van der Waals surface area (Å²) in [5, 5.41) is 8.94. The molecule has 1 saturated carbocycles. The SMILES string of the molecule is CCN(CC1CCC1)S(=O)(=O)c1ccc(CO)cc1F. The lowest BCUT2D eigenvalue weighted by atomic mass is 9.85. The fourth-order valence-corrected chi connectivity index (χ4v) is 3.92. The second-order valence-corrected chi connectivity index (χ2v) is 7.08. The molecule has 20 heavy (non-hydrogen) atoms. The van der Waals surface area contributed by atoms with E-state index in [1.165, 1.54) is 16.4 Å². The average molecular weight is 301 g/mol. The number of sulfonamides is 1. The monoisotopic (exact) mass is 301 g/mol. The molecule has 1 N–H and O–H groups in total. The summed E-state index contributed by atoms with van der Waals surface area (Å²) in [7, 11) is -3.80. The van der Waals surface area contributed by atoms with Crippen LogP contribution in [-0.4, -0.2) is 30.9 Å². The van der Waals surface area contributed by atoms with E-state index in [-0.39, 0.29) is 11.5 Å². The molecule has 1 aliphatic rings. The van der Waals surface area contributed by atoms with Crippen molar-refractivity contribution >= 4 is 10.0 Å². The molecule has 6 heteroatoms. The summed E-state index contributed by atoms with van der Waals surface area (Å²) < 4.78 is 40.3. The van der Waals surface area contributed by atoms with Gasteiger partial charge >= 0.3 is 0 Å². The molecule has 0 spiro atoms. The number of hydrogen-bond donors (Lipinski definition) is 1. The van der Waals surface area contributed by atoms with Crippen molar-refractivity contribution in [3.8, 4) is 0 Å². The van der Waals surface area contributed by atoms with E-state index >= 15 is 0 Å². The Morgan fingerprint density at radius 2 is 2.10 bits per heavy atom. The minimum Gasteiger partial charge on any atom is -0.392 e. The Balaban J connectivity index is 2.27. The van der Waals surface area contributed by atoms with Crippen LogP contribution in [0.3, 0.4) is 0 Å². The third-order valence-electron chi connectivity index (χ3n) is 3.84. The summed E-state index contributed by atoms with van der Waals surface area (Å²) in [5.41, 5.74) is 0.364. The number of benzene rings is 1. The maximum atomic E-state index is 13.9.